The fourth-order valence-corrected chi connectivity index (χ4v) is 4.41. The fourth-order valence-electron chi connectivity index (χ4n) is 3.72. The molecule has 146 valence electrons. The Labute approximate surface area is 168 Å². The first kappa shape index (κ1) is 18.7. The first-order valence-corrected chi connectivity index (χ1v) is 10.5. The van der Waals surface area contributed by atoms with E-state index in [1.165, 1.54) is 11.3 Å². The molecule has 0 radical (unpaired) electrons. The minimum absolute atomic E-state index is 0.0501. The lowest BCUT2D eigenvalue weighted by Crippen LogP contribution is -2.50. The highest BCUT2D eigenvalue weighted by Crippen LogP contribution is 2.22. The summed E-state index contributed by atoms with van der Waals surface area (Å²) in [6.07, 6.45) is 1.86. The minimum atomic E-state index is 0.0501. The third-order valence-electron chi connectivity index (χ3n) is 5.33. The molecular formula is C21H23N3O3S. The van der Waals surface area contributed by atoms with E-state index in [0.29, 0.717) is 39.0 Å². The minimum Gasteiger partial charge on any atom is -0.339 e. The van der Waals surface area contributed by atoms with E-state index in [2.05, 4.69) is 0 Å². The average Bonchev–Trinajstić information content (AvgIpc) is 3.40. The lowest BCUT2D eigenvalue weighted by atomic mass is 10.1. The van der Waals surface area contributed by atoms with Crippen LogP contribution < -0.4 is 4.90 Å². The van der Waals surface area contributed by atoms with Gasteiger partial charge in [-0.05, 0) is 35.6 Å². The highest BCUT2D eigenvalue weighted by molar-refractivity contribution is 7.12. The molecule has 1 aromatic carbocycles. The van der Waals surface area contributed by atoms with Crippen molar-refractivity contribution in [2.75, 3.05) is 37.6 Å². The molecule has 28 heavy (non-hydrogen) atoms. The Kier molecular flexibility index (Phi) is 5.43. The van der Waals surface area contributed by atoms with E-state index in [4.69, 9.17) is 0 Å². The Morgan fingerprint density at radius 2 is 1.64 bits per heavy atom. The highest BCUT2D eigenvalue weighted by Gasteiger charge is 2.25. The van der Waals surface area contributed by atoms with Crippen LogP contribution in [0.1, 0.15) is 28.1 Å². The van der Waals surface area contributed by atoms with E-state index in [1.54, 1.807) is 4.90 Å². The van der Waals surface area contributed by atoms with Crippen LogP contribution in [0.2, 0.25) is 0 Å². The van der Waals surface area contributed by atoms with Crippen molar-refractivity contribution in [3.8, 4) is 0 Å². The van der Waals surface area contributed by atoms with Gasteiger partial charge in [0.1, 0.15) is 0 Å². The summed E-state index contributed by atoms with van der Waals surface area (Å²) in [4.78, 5) is 43.0. The van der Waals surface area contributed by atoms with Crippen molar-refractivity contribution in [1.82, 2.24) is 9.80 Å². The number of hydrogen-bond acceptors (Lipinski definition) is 4. The molecule has 6 nitrogen and oxygen atoms in total. The molecular weight excluding hydrogens is 374 g/mol. The molecule has 3 heterocycles. The molecule has 0 unspecified atom stereocenters. The standard InChI is InChI=1S/C21H23N3O3S/c25-19-4-1-9-24(19)17-7-5-16(6-8-17)15-20(26)22-10-12-23(13-11-22)21(27)18-3-2-14-28-18/h2-3,5-8,14H,1,4,9-13,15H2. The van der Waals surface area contributed by atoms with Gasteiger partial charge >= 0.3 is 0 Å². The largest absolute Gasteiger partial charge is 0.339 e. The summed E-state index contributed by atoms with van der Waals surface area (Å²) < 4.78 is 0. The highest BCUT2D eigenvalue weighted by atomic mass is 32.1. The molecule has 2 aromatic rings. The van der Waals surface area contributed by atoms with Crippen LogP contribution in [0, 0.1) is 0 Å². The van der Waals surface area contributed by atoms with Crippen molar-refractivity contribution in [3.63, 3.8) is 0 Å². The number of amides is 3. The van der Waals surface area contributed by atoms with Gasteiger partial charge in [0.2, 0.25) is 11.8 Å². The number of benzene rings is 1. The van der Waals surface area contributed by atoms with E-state index in [1.807, 2.05) is 51.6 Å². The summed E-state index contributed by atoms with van der Waals surface area (Å²) in [5, 5.41) is 1.90. The second-order valence-corrected chi connectivity index (χ2v) is 8.09. The average molecular weight is 398 g/mol. The quantitative estimate of drug-likeness (QED) is 0.796. The van der Waals surface area contributed by atoms with E-state index in [9.17, 15) is 14.4 Å². The van der Waals surface area contributed by atoms with Gasteiger partial charge in [-0.1, -0.05) is 18.2 Å². The fraction of sp³-hybridized carbons (Fsp3) is 0.381. The first-order chi connectivity index (χ1) is 13.6. The molecule has 7 heteroatoms. The topological polar surface area (TPSA) is 60.9 Å². The Hall–Kier alpha value is -2.67. The zero-order valence-corrected chi connectivity index (χ0v) is 16.5. The third kappa shape index (κ3) is 3.94. The molecule has 0 bridgehead atoms. The van der Waals surface area contributed by atoms with Gasteiger partial charge in [0.25, 0.3) is 5.91 Å². The molecule has 0 aliphatic carbocycles. The van der Waals surface area contributed by atoms with E-state index in [-0.39, 0.29) is 17.7 Å². The van der Waals surface area contributed by atoms with E-state index < -0.39 is 0 Å². The van der Waals surface area contributed by atoms with Crippen molar-refractivity contribution in [2.24, 2.45) is 0 Å². The van der Waals surface area contributed by atoms with Crippen LogP contribution in [0.25, 0.3) is 0 Å². The number of piperazine rings is 1. The molecule has 2 saturated heterocycles. The Morgan fingerprint density at radius 3 is 2.25 bits per heavy atom. The predicted octanol–water partition coefficient (Wildman–Crippen LogP) is 2.40. The summed E-state index contributed by atoms with van der Waals surface area (Å²) >= 11 is 1.45. The maximum Gasteiger partial charge on any atom is 0.264 e. The van der Waals surface area contributed by atoms with Crippen molar-refractivity contribution in [3.05, 3.63) is 52.2 Å². The summed E-state index contributed by atoms with van der Waals surface area (Å²) in [5.41, 5.74) is 1.84. The predicted molar refractivity (Wildman–Crippen MR) is 109 cm³/mol. The number of anilines is 1. The van der Waals surface area contributed by atoms with Gasteiger partial charge in [0, 0.05) is 44.8 Å². The van der Waals surface area contributed by atoms with Crippen LogP contribution in [0.5, 0.6) is 0 Å². The lowest BCUT2D eigenvalue weighted by Gasteiger charge is -2.34. The number of rotatable bonds is 4. The molecule has 4 rings (SSSR count). The third-order valence-corrected chi connectivity index (χ3v) is 6.19. The Balaban J connectivity index is 1.30. The maximum atomic E-state index is 12.6. The van der Waals surface area contributed by atoms with E-state index in [0.717, 1.165) is 29.1 Å². The molecule has 0 N–H and O–H groups in total. The molecule has 1 aromatic heterocycles. The molecule has 0 saturated carbocycles. The van der Waals surface area contributed by atoms with Gasteiger partial charge in [-0.2, -0.15) is 0 Å². The number of carbonyl (C=O) groups is 3. The van der Waals surface area contributed by atoms with Crippen LogP contribution >= 0.6 is 11.3 Å². The monoisotopic (exact) mass is 397 g/mol. The molecule has 2 aliphatic heterocycles. The molecule has 2 aliphatic rings. The number of carbonyl (C=O) groups excluding carboxylic acids is 3. The second kappa shape index (κ2) is 8.14. The van der Waals surface area contributed by atoms with Crippen molar-refractivity contribution >= 4 is 34.7 Å². The molecule has 3 amide bonds. The maximum absolute atomic E-state index is 12.6. The van der Waals surface area contributed by atoms with Gasteiger partial charge in [0.15, 0.2) is 0 Å². The van der Waals surface area contributed by atoms with Crippen LogP contribution in [-0.2, 0) is 16.0 Å². The Bertz CT molecular complexity index is 856. The zero-order valence-electron chi connectivity index (χ0n) is 15.7. The van der Waals surface area contributed by atoms with Crippen LogP contribution in [0.3, 0.4) is 0 Å². The van der Waals surface area contributed by atoms with Gasteiger partial charge in [-0.15, -0.1) is 11.3 Å². The van der Waals surface area contributed by atoms with Gasteiger partial charge in [0.05, 0.1) is 11.3 Å². The van der Waals surface area contributed by atoms with Crippen LogP contribution in [0.4, 0.5) is 5.69 Å². The summed E-state index contributed by atoms with van der Waals surface area (Å²) in [6, 6.07) is 11.4. The number of nitrogens with zero attached hydrogens (tertiary/aromatic N) is 3. The number of hydrogen-bond donors (Lipinski definition) is 0. The summed E-state index contributed by atoms with van der Waals surface area (Å²) in [6.45, 7) is 3.04. The summed E-state index contributed by atoms with van der Waals surface area (Å²) in [5.74, 6) is 0.293. The Morgan fingerprint density at radius 1 is 0.929 bits per heavy atom. The van der Waals surface area contributed by atoms with Gasteiger partial charge < -0.3 is 14.7 Å². The molecule has 0 atom stereocenters. The van der Waals surface area contributed by atoms with Gasteiger partial charge in [-0.25, -0.2) is 0 Å². The normalized spacial score (nSPS) is 17.3. The van der Waals surface area contributed by atoms with Gasteiger partial charge in [-0.3, -0.25) is 14.4 Å². The van der Waals surface area contributed by atoms with Crippen molar-refractivity contribution in [1.29, 1.82) is 0 Å². The van der Waals surface area contributed by atoms with Crippen LogP contribution in [-0.4, -0.2) is 60.2 Å². The van der Waals surface area contributed by atoms with Crippen molar-refractivity contribution < 1.29 is 14.4 Å². The second-order valence-electron chi connectivity index (χ2n) is 7.14. The van der Waals surface area contributed by atoms with Crippen molar-refractivity contribution in [2.45, 2.75) is 19.3 Å². The molecule has 2 fully saturated rings. The summed E-state index contributed by atoms with van der Waals surface area (Å²) in [7, 11) is 0. The number of thiophene rings is 1. The zero-order chi connectivity index (χ0) is 19.5. The van der Waals surface area contributed by atoms with Crippen LogP contribution in [0.15, 0.2) is 41.8 Å². The smallest absolute Gasteiger partial charge is 0.264 e. The molecule has 0 spiro atoms. The SMILES string of the molecule is O=C(Cc1ccc(N2CCCC2=O)cc1)N1CCN(C(=O)c2cccs2)CC1. The first-order valence-electron chi connectivity index (χ1n) is 9.62. The van der Waals surface area contributed by atoms with E-state index >= 15 is 0 Å². The lowest BCUT2D eigenvalue weighted by molar-refractivity contribution is -0.131.